The van der Waals surface area contributed by atoms with Gasteiger partial charge in [-0.05, 0) is 54.3 Å². The number of aryl methyl sites for hydroxylation is 1. The van der Waals surface area contributed by atoms with Gasteiger partial charge in [0.25, 0.3) is 0 Å². The van der Waals surface area contributed by atoms with E-state index in [-0.39, 0.29) is 18.1 Å². The zero-order valence-electron chi connectivity index (χ0n) is 17.8. The molecule has 2 aromatic carbocycles. The van der Waals surface area contributed by atoms with Crippen LogP contribution in [0, 0.1) is 6.92 Å². The third-order valence-corrected chi connectivity index (χ3v) is 5.69. The van der Waals surface area contributed by atoms with Gasteiger partial charge >= 0.3 is 6.61 Å². The highest BCUT2D eigenvalue weighted by Gasteiger charge is 2.17. The fourth-order valence-electron chi connectivity index (χ4n) is 3.26. The lowest BCUT2D eigenvalue weighted by atomic mass is 10.0. The SMILES string of the molecule is COc1ccc(-c2cc(NC(=O)Cc3nc(-c4cccs4)oc3C)ccc2OC(F)F)cc1. The molecule has 170 valence electrons. The quantitative estimate of drug-likeness (QED) is 0.333. The molecular weight excluding hydrogens is 450 g/mol. The predicted molar refractivity (Wildman–Crippen MR) is 122 cm³/mol. The summed E-state index contributed by atoms with van der Waals surface area (Å²) < 4.78 is 41.3. The van der Waals surface area contributed by atoms with Gasteiger partial charge in [-0.2, -0.15) is 8.78 Å². The molecule has 0 spiro atoms. The Bertz CT molecular complexity index is 1240. The van der Waals surface area contributed by atoms with Gasteiger partial charge in [-0.1, -0.05) is 18.2 Å². The molecule has 0 aliphatic carbocycles. The first kappa shape index (κ1) is 22.5. The summed E-state index contributed by atoms with van der Waals surface area (Å²) in [7, 11) is 1.54. The van der Waals surface area contributed by atoms with Crippen LogP contribution in [0.15, 0.2) is 64.4 Å². The van der Waals surface area contributed by atoms with Crippen LogP contribution < -0.4 is 14.8 Å². The third-order valence-electron chi connectivity index (χ3n) is 4.83. The molecule has 0 aliphatic heterocycles. The molecule has 0 radical (unpaired) electrons. The van der Waals surface area contributed by atoms with Gasteiger partial charge in [0.05, 0.1) is 24.1 Å². The number of nitrogens with one attached hydrogen (secondary N) is 1. The minimum Gasteiger partial charge on any atom is -0.497 e. The number of ether oxygens (including phenoxy) is 2. The highest BCUT2D eigenvalue weighted by molar-refractivity contribution is 7.13. The molecule has 0 saturated heterocycles. The molecule has 0 saturated carbocycles. The first-order chi connectivity index (χ1) is 15.9. The number of anilines is 1. The second kappa shape index (κ2) is 9.83. The second-order valence-electron chi connectivity index (χ2n) is 7.04. The van der Waals surface area contributed by atoms with Crippen molar-refractivity contribution in [1.29, 1.82) is 0 Å². The minimum absolute atomic E-state index is 0.00102. The standard InChI is InChI=1S/C24H20F2N2O4S/c1-14-19(28-23(31-14)21-4-3-11-33-21)13-22(29)27-16-7-10-20(32-24(25)26)18(12-16)15-5-8-17(30-2)9-6-15/h3-12,24H,13H2,1-2H3,(H,27,29). The Labute approximate surface area is 192 Å². The monoisotopic (exact) mass is 470 g/mol. The van der Waals surface area contributed by atoms with E-state index in [0.29, 0.717) is 39.9 Å². The van der Waals surface area contributed by atoms with Crippen LogP contribution in [0.4, 0.5) is 14.5 Å². The molecule has 2 heterocycles. The highest BCUT2D eigenvalue weighted by atomic mass is 32.1. The molecule has 9 heteroatoms. The van der Waals surface area contributed by atoms with E-state index < -0.39 is 6.61 Å². The highest BCUT2D eigenvalue weighted by Crippen LogP contribution is 2.35. The number of benzene rings is 2. The van der Waals surface area contributed by atoms with E-state index in [9.17, 15) is 13.6 Å². The number of nitrogens with zero attached hydrogens (tertiary/aromatic N) is 1. The molecule has 0 bridgehead atoms. The van der Waals surface area contributed by atoms with Gasteiger partial charge in [-0.25, -0.2) is 4.98 Å². The number of methoxy groups -OCH3 is 1. The van der Waals surface area contributed by atoms with Gasteiger partial charge in [-0.15, -0.1) is 11.3 Å². The summed E-state index contributed by atoms with van der Waals surface area (Å²) in [6.07, 6.45) is 0.00780. The van der Waals surface area contributed by atoms with Crippen molar-refractivity contribution in [3.8, 4) is 33.4 Å². The third kappa shape index (κ3) is 5.38. The number of aromatic nitrogens is 1. The molecule has 0 unspecified atom stereocenters. The first-order valence-electron chi connectivity index (χ1n) is 9.96. The van der Waals surface area contributed by atoms with Crippen LogP contribution in [0.2, 0.25) is 0 Å². The second-order valence-corrected chi connectivity index (χ2v) is 7.99. The Morgan fingerprint density at radius 3 is 2.64 bits per heavy atom. The summed E-state index contributed by atoms with van der Waals surface area (Å²) in [5, 5.41) is 4.71. The number of amides is 1. The van der Waals surface area contributed by atoms with E-state index in [1.165, 1.54) is 30.6 Å². The van der Waals surface area contributed by atoms with E-state index in [2.05, 4.69) is 15.0 Å². The van der Waals surface area contributed by atoms with Crippen molar-refractivity contribution < 1.29 is 27.5 Å². The maximum Gasteiger partial charge on any atom is 0.387 e. The van der Waals surface area contributed by atoms with Gasteiger partial charge < -0.3 is 19.2 Å². The van der Waals surface area contributed by atoms with E-state index >= 15 is 0 Å². The summed E-state index contributed by atoms with van der Waals surface area (Å²) in [4.78, 5) is 18.0. The van der Waals surface area contributed by atoms with Crippen molar-refractivity contribution in [2.24, 2.45) is 0 Å². The predicted octanol–water partition coefficient (Wildman–Crippen LogP) is 6.17. The van der Waals surface area contributed by atoms with Crippen LogP contribution in [0.3, 0.4) is 0 Å². The summed E-state index contributed by atoms with van der Waals surface area (Å²) in [5.41, 5.74) is 2.01. The lowest BCUT2D eigenvalue weighted by Gasteiger charge is -2.14. The summed E-state index contributed by atoms with van der Waals surface area (Å²) >= 11 is 1.50. The maximum atomic E-state index is 12.9. The van der Waals surface area contributed by atoms with Crippen LogP contribution in [0.25, 0.3) is 21.9 Å². The molecule has 1 amide bonds. The summed E-state index contributed by atoms with van der Waals surface area (Å²) in [5.74, 6) is 1.35. The molecule has 33 heavy (non-hydrogen) atoms. The molecule has 4 aromatic rings. The lowest BCUT2D eigenvalue weighted by Crippen LogP contribution is -2.15. The van der Waals surface area contributed by atoms with E-state index in [1.54, 1.807) is 37.3 Å². The van der Waals surface area contributed by atoms with Crippen molar-refractivity contribution in [3.05, 3.63) is 71.4 Å². The number of alkyl halides is 2. The van der Waals surface area contributed by atoms with Crippen molar-refractivity contribution in [2.45, 2.75) is 20.0 Å². The van der Waals surface area contributed by atoms with Gasteiger partial charge in [0.1, 0.15) is 17.3 Å². The normalized spacial score (nSPS) is 10.9. The van der Waals surface area contributed by atoms with E-state index in [1.807, 2.05) is 17.5 Å². The number of halogens is 2. The Balaban J connectivity index is 1.54. The van der Waals surface area contributed by atoms with Crippen LogP contribution in [-0.2, 0) is 11.2 Å². The average molecular weight is 470 g/mol. The fraction of sp³-hybridized carbons (Fsp3) is 0.167. The molecule has 0 aliphatic rings. The Morgan fingerprint density at radius 1 is 1.18 bits per heavy atom. The van der Waals surface area contributed by atoms with Crippen LogP contribution in [0.5, 0.6) is 11.5 Å². The number of rotatable bonds is 8. The van der Waals surface area contributed by atoms with Gasteiger partial charge in [-0.3, -0.25) is 4.79 Å². The van der Waals surface area contributed by atoms with Gasteiger partial charge in [0, 0.05) is 11.3 Å². The lowest BCUT2D eigenvalue weighted by molar-refractivity contribution is -0.115. The molecule has 0 atom stereocenters. The molecular formula is C24H20F2N2O4S. The number of carbonyl (C=O) groups is 1. The molecule has 6 nitrogen and oxygen atoms in total. The average Bonchev–Trinajstić information content (AvgIpc) is 3.45. The van der Waals surface area contributed by atoms with Crippen molar-refractivity contribution >= 4 is 22.9 Å². The van der Waals surface area contributed by atoms with Crippen molar-refractivity contribution in [2.75, 3.05) is 12.4 Å². The zero-order chi connectivity index (χ0) is 23.4. The summed E-state index contributed by atoms with van der Waals surface area (Å²) in [6.45, 7) is -1.22. The van der Waals surface area contributed by atoms with Gasteiger partial charge in [0.15, 0.2) is 0 Å². The fourth-order valence-corrected chi connectivity index (χ4v) is 3.91. The Morgan fingerprint density at radius 2 is 1.97 bits per heavy atom. The zero-order valence-corrected chi connectivity index (χ0v) is 18.6. The summed E-state index contributed by atoms with van der Waals surface area (Å²) in [6, 6.07) is 15.2. The number of carbonyl (C=O) groups excluding carboxylic acids is 1. The number of thiophene rings is 1. The molecule has 1 N–H and O–H groups in total. The number of oxazole rings is 1. The van der Waals surface area contributed by atoms with E-state index in [0.717, 1.165) is 4.88 Å². The minimum atomic E-state index is -2.98. The van der Waals surface area contributed by atoms with Crippen LogP contribution in [-0.4, -0.2) is 24.6 Å². The number of hydrogen-bond acceptors (Lipinski definition) is 6. The molecule has 0 fully saturated rings. The maximum absolute atomic E-state index is 12.9. The topological polar surface area (TPSA) is 73.6 Å². The number of hydrogen-bond donors (Lipinski definition) is 1. The molecule has 2 aromatic heterocycles. The Kier molecular flexibility index (Phi) is 6.69. The van der Waals surface area contributed by atoms with Crippen LogP contribution >= 0.6 is 11.3 Å². The Hall–Kier alpha value is -3.72. The first-order valence-corrected chi connectivity index (χ1v) is 10.8. The van der Waals surface area contributed by atoms with Crippen LogP contribution in [0.1, 0.15) is 11.5 Å². The smallest absolute Gasteiger partial charge is 0.387 e. The van der Waals surface area contributed by atoms with E-state index in [4.69, 9.17) is 9.15 Å². The largest absolute Gasteiger partial charge is 0.497 e. The molecule has 4 rings (SSSR count). The van der Waals surface area contributed by atoms with Crippen molar-refractivity contribution in [3.63, 3.8) is 0 Å². The van der Waals surface area contributed by atoms with Crippen molar-refractivity contribution in [1.82, 2.24) is 4.98 Å². The van der Waals surface area contributed by atoms with Gasteiger partial charge in [0.2, 0.25) is 11.8 Å².